The molecule has 11 rings (SSSR count). The molecule has 0 amide bonds. The predicted molar refractivity (Wildman–Crippen MR) is 319 cm³/mol. The topological polar surface area (TPSA) is 9.86 Å². The lowest BCUT2D eigenvalue weighted by atomic mass is 9.31. The molecule has 0 radical (unpaired) electrons. The molecule has 366 valence electrons. The Bertz CT molecular complexity index is 3620. The van der Waals surface area contributed by atoms with Crippen molar-refractivity contribution in [2.45, 2.75) is 171 Å². The zero-order chi connectivity index (χ0) is 51.4. The van der Waals surface area contributed by atoms with Gasteiger partial charge in [0.1, 0.15) is 0 Å². The Morgan fingerprint density at radius 1 is 0.347 bits per heavy atom. The van der Waals surface area contributed by atoms with E-state index in [2.05, 4.69) is 243 Å². The van der Waals surface area contributed by atoms with Crippen molar-refractivity contribution >= 4 is 89.8 Å². The summed E-state index contributed by atoms with van der Waals surface area (Å²) in [5, 5.41) is 5.38. The maximum absolute atomic E-state index is 2.72. The highest BCUT2D eigenvalue weighted by Gasteiger charge is 2.43. The third-order valence-corrected chi connectivity index (χ3v) is 17.2. The van der Waals surface area contributed by atoms with Gasteiger partial charge in [-0.1, -0.05) is 208 Å². The molecule has 0 N–H and O–H groups in total. The predicted octanol–water partition coefficient (Wildman–Crippen LogP) is 14.9. The number of benzene rings is 7. The second-order valence-electron chi connectivity index (χ2n) is 26.1. The molecule has 0 atom stereocenters. The molecule has 4 heteroatoms. The minimum atomic E-state index is -0.0519. The molecule has 0 bridgehead atoms. The van der Waals surface area contributed by atoms with Gasteiger partial charge in [0, 0.05) is 44.0 Å². The van der Waals surface area contributed by atoms with Crippen molar-refractivity contribution in [3.8, 4) is 11.4 Å². The Kier molecular flexibility index (Phi) is 11.4. The number of hydrogen-bond donors (Lipinski definition) is 0. The summed E-state index contributed by atoms with van der Waals surface area (Å²) >= 11 is 0. The van der Waals surface area contributed by atoms with Crippen molar-refractivity contribution < 1.29 is 0 Å². The summed E-state index contributed by atoms with van der Waals surface area (Å²) in [6, 6.07) is 44.8. The third kappa shape index (κ3) is 7.26. The summed E-state index contributed by atoms with van der Waals surface area (Å²) in [6.45, 7) is 43.2. The van der Waals surface area contributed by atoms with E-state index in [9.17, 15) is 0 Å². The average Bonchev–Trinajstić information content (AvgIpc) is 3.84. The molecule has 2 aromatic heterocycles. The van der Waals surface area contributed by atoms with Crippen LogP contribution in [-0.2, 0) is 10.8 Å². The molecule has 4 heterocycles. The van der Waals surface area contributed by atoms with E-state index in [0.717, 1.165) is 0 Å². The molecule has 2 aliphatic rings. The fraction of sp³-hybridized carbons (Fsp3) is 0.382. The first-order valence-corrected chi connectivity index (χ1v) is 27.7. The normalized spacial score (nSPS) is 13.8. The highest BCUT2D eigenvalue weighted by atomic mass is 15.0. The molecule has 9 aromatic rings. The number of fused-ring (bicyclic) bond motifs is 10. The highest BCUT2D eigenvalue weighted by Crippen LogP contribution is 2.41. The Balaban J connectivity index is 1.38. The van der Waals surface area contributed by atoms with Gasteiger partial charge in [0.25, 0.3) is 0 Å². The lowest BCUT2D eigenvalue weighted by Gasteiger charge is -2.36. The minimum Gasteiger partial charge on any atom is -0.310 e. The zero-order valence-corrected chi connectivity index (χ0v) is 46.9. The van der Waals surface area contributed by atoms with E-state index < -0.39 is 0 Å². The van der Waals surface area contributed by atoms with Crippen molar-refractivity contribution in [3.63, 3.8) is 0 Å². The number of rotatable bonds is 8. The summed E-state index contributed by atoms with van der Waals surface area (Å²) in [4.78, 5) is 0. The summed E-state index contributed by atoms with van der Waals surface area (Å²) in [5.74, 6) is 2.23. The van der Waals surface area contributed by atoms with E-state index in [0.29, 0.717) is 35.5 Å². The molecule has 0 saturated heterocycles. The lowest BCUT2D eigenvalue weighted by molar-refractivity contribution is 0.591. The third-order valence-electron chi connectivity index (χ3n) is 17.2. The summed E-state index contributed by atoms with van der Waals surface area (Å²) in [6.07, 6.45) is 0. The largest absolute Gasteiger partial charge is 0.310 e. The molecule has 0 unspecified atom stereocenters. The molecule has 0 saturated carbocycles. The van der Waals surface area contributed by atoms with E-state index in [1.54, 1.807) is 0 Å². The van der Waals surface area contributed by atoms with Crippen molar-refractivity contribution in [2.24, 2.45) is 0 Å². The van der Waals surface area contributed by atoms with Crippen LogP contribution in [0.25, 0.3) is 55.0 Å². The first-order valence-electron chi connectivity index (χ1n) is 27.7. The standard InChI is InChI=1S/C68H78B2N2/c1-37(2)43-28-49(39(5)6)63(50(29-43)40(7)8)69-55-24-21-23-48-53-32-45(67(13,14)15)26-27-60(53)72(65(48)55)61-36-57-62(35-56(61)69)71-59-25-20-19-22-47(59)54-33-46(68(16,17)18)34-58(66(54)71)70(57)64-51(41(9)10)30-44(38(3)4)31-52(64)42(11)12/h19-42H,1-18H3. The Morgan fingerprint density at radius 3 is 1.25 bits per heavy atom. The van der Waals surface area contributed by atoms with Crippen LogP contribution in [0.5, 0.6) is 0 Å². The first kappa shape index (κ1) is 48.5. The van der Waals surface area contributed by atoms with Gasteiger partial charge in [-0.3, -0.25) is 0 Å². The molecule has 0 spiro atoms. The smallest absolute Gasteiger partial charge is 0.247 e. The molecular formula is C68H78B2N2. The molecule has 7 aromatic carbocycles. The summed E-state index contributed by atoms with van der Waals surface area (Å²) in [5.41, 5.74) is 28.1. The molecule has 2 nitrogen and oxygen atoms in total. The number of para-hydroxylation sites is 2. The second kappa shape index (κ2) is 16.9. The van der Waals surface area contributed by atoms with Crippen LogP contribution in [0.15, 0.2) is 109 Å². The van der Waals surface area contributed by atoms with Gasteiger partial charge in [0.2, 0.25) is 13.4 Å². The molecule has 2 aliphatic heterocycles. The van der Waals surface area contributed by atoms with Crippen molar-refractivity contribution in [1.82, 2.24) is 9.13 Å². The van der Waals surface area contributed by atoms with Gasteiger partial charge < -0.3 is 9.13 Å². The zero-order valence-electron chi connectivity index (χ0n) is 46.9. The number of hydrogen-bond acceptors (Lipinski definition) is 0. The van der Waals surface area contributed by atoms with Gasteiger partial charge in [-0.2, -0.15) is 0 Å². The number of aromatic nitrogens is 2. The number of nitrogens with zero attached hydrogens (tertiary/aromatic N) is 2. The van der Waals surface area contributed by atoms with Crippen LogP contribution >= 0.6 is 0 Å². The van der Waals surface area contributed by atoms with E-state index in [1.165, 1.54) is 132 Å². The van der Waals surface area contributed by atoms with Gasteiger partial charge in [-0.25, -0.2) is 0 Å². The lowest BCUT2D eigenvalue weighted by Crippen LogP contribution is -2.62. The van der Waals surface area contributed by atoms with Crippen LogP contribution in [0.4, 0.5) is 0 Å². The van der Waals surface area contributed by atoms with Crippen molar-refractivity contribution in [3.05, 3.63) is 154 Å². The van der Waals surface area contributed by atoms with Crippen molar-refractivity contribution in [2.75, 3.05) is 0 Å². The van der Waals surface area contributed by atoms with E-state index >= 15 is 0 Å². The Morgan fingerprint density at radius 2 is 0.778 bits per heavy atom. The fourth-order valence-corrected chi connectivity index (χ4v) is 13.2. The molecule has 0 fully saturated rings. The summed E-state index contributed by atoms with van der Waals surface area (Å²) in [7, 11) is 0. The maximum atomic E-state index is 2.72. The Labute approximate surface area is 432 Å². The monoisotopic (exact) mass is 945 g/mol. The van der Waals surface area contributed by atoms with Crippen LogP contribution < -0.4 is 32.8 Å². The van der Waals surface area contributed by atoms with E-state index in [4.69, 9.17) is 0 Å². The van der Waals surface area contributed by atoms with Crippen LogP contribution in [0.1, 0.15) is 205 Å². The van der Waals surface area contributed by atoms with Gasteiger partial charge in [-0.15, -0.1) is 0 Å². The quantitative estimate of drug-likeness (QED) is 0.134. The van der Waals surface area contributed by atoms with Crippen LogP contribution in [0.2, 0.25) is 0 Å². The maximum Gasteiger partial charge on any atom is 0.247 e. The average molecular weight is 945 g/mol. The van der Waals surface area contributed by atoms with E-state index in [-0.39, 0.29) is 24.3 Å². The first-order chi connectivity index (χ1) is 34.0. The molecule has 0 aliphatic carbocycles. The molecular weight excluding hydrogens is 866 g/mol. The minimum absolute atomic E-state index is 0.00568. The van der Waals surface area contributed by atoms with Gasteiger partial charge in [0.15, 0.2) is 0 Å². The fourth-order valence-electron chi connectivity index (χ4n) is 13.2. The van der Waals surface area contributed by atoms with Gasteiger partial charge in [-0.05, 0) is 149 Å². The van der Waals surface area contributed by atoms with Crippen LogP contribution in [-0.4, -0.2) is 22.6 Å². The van der Waals surface area contributed by atoms with Crippen LogP contribution in [0.3, 0.4) is 0 Å². The van der Waals surface area contributed by atoms with Gasteiger partial charge in [0.05, 0.1) is 11.0 Å². The SMILES string of the molecule is CC(C)c1cc(C(C)C)c(B2c3cc4c(cc3-n3c5ccc(C(C)(C)C)cc5c5cccc2c53)B(c2c(C(C)C)cc(C(C)C)cc2C(C)C)c2cc(C(C)(C)C)cc3c5ccccc5n-4c23)c(C(C)C)c1. The van der Waals surface area contributed by atoms with Crippen molar-refractivity contribution in [1.29, 1.82) is 0 Å². The Hall–Kier alpha value is -5.73. The molecule has 72 heavy (non-hydrogen) atoms. The second-order valence-corrected chi connectivity index (χ2v) is 26.1. The van der Waals surface area contributed by atoms with E-state index in [1.807, 2.05) is 0 Å². The van der Waals surface area contributed by atoms with Gasteiger partial charge >= 0.3 is 0 Å². The highest BCUT2D eigenvalue weighted by molar-refractivity contribution is 7.00. The summed E-state index contributed by atoms with van der Waals surface area (Å²) < 4.78 is 5.41. The van der Waals surface area contributed by atoms with Crippen LogP contribution in [0, 0.1) is 0 Å².